The first-order valence-corrected chi connectivity index (χ1v) is 7.84. The molecular weight excluding hydrogens is 302 g/mol. The number of aliphatic carboxylic acids is 1. The van der Waals surface area contributed by atoms with Crippen molar-refractivity contribution in [2.45, 2.75) is 30.6 Å². The summed E-state index contributed by atoms with van der Waals surface area (Å²) in [7, 11) is -3.80. The molecule has 7 N–H and O–H groups in total. The molecule has 0 aromatic carbocycles. The zero-order chi connectivity index (χ0) is 16.2. The molecule has 0 aromatic heterocycles. The van der Waals surface area contributed by atoms with Crippen LogP contribution in [0.2, 0.25) is 0 Å². The van der Waals surface area contributed by atoms with Gasteiger partial charge in [0.1, 0.15) is 11.3 Å². The SMILES string of the molecule is NC(=NCCC[C@H](N)C(=O)O)N1CC(S(N)(=O)=O)CC1=O. The maximum atomic E-state index is 11.7. The van der Waals surface area contributed by atoms with Gasteiger partial charge in [-0.1, -0.05) is 0 Å². The van der Waals surface area contributed by atoms with Gasteiger partial charge >= 0.3 is 5.97 Å². The number of aliphatic imine (C=N–C) groups is 1. The molecule has 0 aromatic rings. The van der Waals surface area contributed by atoms with Crippen LogP contribution < -0.4 is 16.6 Å². The Morgan fingerprint density at radius 1 is 1.52 bits per heavy atom. The largest absolute Gasteiger partial charge is 0.480 e. The normalized spacial score (nSPS) is 21.6. The van der Waals surface area contributed by atoms with Crippen LogP contribution >= 0.6 is 0 Å². The second-order valence-electron chi connectivity index (χ2n) is 4.75. The highest BCUT2D eigenvalue weighted by molar-refractivity contribution is 7.89. The summed E-state index contributed by atoms with van der Waals surface area (Å²) in [5, 5.41) is 12.6. The molecule has 1 fully saturated rings. The van der Waals surface area contributed by atoms with Crippen LogP contribution in [0.3, 0.4) is 0 Å². The highest BCUT2D eigenvalue weighted by atomic mass is 32.2. The van der Waals surface area contributed by atoms with Gasteiger partial charge in [-0.15, -0.1) is 0 Å². The van der Waals surface area contributed by atoms with Crippen molar-refractivity contribution in [3.63, 3.8) is 0 Å². The Balaban J connectivity index is 2.52. The van der Waals surface area contributed by atoms with Gasteiger partial charge in [0.15, 0.2) is 5.96 Å². The predicted octanol–water partition coefficient (Wildman–Crippen LogP) is -2.62. The van der Waals surface area contributed by atoms with E-state index in [0.717, 1.165) is 4.90 Å². The Morgan fingerprint density at radius 2 is 2.14 bits per heavy atom. The summed E-state index contributed by atoms with van der Waals surface area (Å²) < 4.78 is 22.4. The fourth-order valence-electron chi connectivity index (χ4n) is 1.83. The van der Waals surface area contributed by atoms with Crippen molar-refractivity contribution in [3.8, 4) is 0 Å². The van der Waals surface area contributed by atoms with Crippen LogP contribution in [-0.2, 0) is 19.6 Å². The van der Waals surface area contributed by atoms with Gasteiger partial charge in [0.25, 0.3) is 0 Å². The van der Waals surface area contributed by atoms with E-state index in [2.05, 4.69) is 4.99 Å². The maximum Gasteiger partial charge on any atom is 0.320 e. The summed E-state index contributed by atoms with van der Waals surface area (Å²) in [6.45, 7) is 0.0677. The molecule has 1 saturated heterocycles. The molecular formula is C10H19N5O5S. The number of guanidine groups is 1. The molecule has 1 aliphatic rings. The molecule has 1 rings (SSSR count). The number of amides is 1. The highest BCUT2D eigenvalue weighted by Crippen LogP contribution is 2.16. The standard InChI is InChI=1S/C10H19N5O5S/c11-7(9(17)18)2-1-3-14-10(12)15-5-6(4-8(15)16)21(13,19)20/h6-7H,1-5,11H2,(H2,12,14)(H,17,18)(H2,13,19,20)/t6?,7-/m0/s1. The lowest BCUT2D eigenvalue weighted by atomic mass is 10.2. The summed E-state index contributed by atoms with van der Waals surface area (Å²) in [5.41, 5.74) is 10.9. The minimum Gasteiger partial charge on any atom is -0.480 e. The number of carbonyl (C=O) groups excluding carboxylic acids is 1. The topological polar surface area (TPSA) is 182 Å². The highest BCUT2D eigenvalue weighted by Gasteiger charge is 2.37. The fourth-order valence-corrected chi connectivity index (χ4v) is 2.56. The third-order valence-electron chi connectivity index (χ3n) is 3.09. The van der Waals surface area contributed by atoms with Crippen LogP contribution in [0.5, 0.6) is 0 Å². The van der Waals surface area contributed by atoms with E-state index in [0.29, 0.717) is 6.42 Å². The Bertz CT molecular complexity index is 546. The Labute approximate surface area is 122 Å². The number of carboxylic acid groups (broad SMARTS) is 1. The Hall–Kier alpha value is -1.72. The summed E-state index contributed by atoms with van der Waals surface area (Å²) in [5.74, 6) is -1.66. The van der Waals surface area contributed by atoms with E-state index in [-0.39, 0.29) is 31.9 Å². The Morgan fingerprint density at radius 3 is 2.62 bits per heavy atom. The van der Waals surface area contributed by atoms with Gasteiger partial charge in [-0.05, 0) is 12.8 Å². The lowest BCUT2D eigenvalue weighted by molar-refractivity contribution is -0.138. The molecule has 0 saturated carbocycles. The predicted molar refractivity (Wildman–Crippen MR) is 74.6 cm³/mol. The molecule has 10 nitrogen and oxygen atoms in total. The van der Waals surface area contributed by atoms with E-state index in [4.69, 9.17) is 21.7 Å². The smallest absolute Gasteiger partial charge is 0.320 e. The van der Waals surface area contributed by atoms with E-state index < -0.39 is 33.2 Å². The van der Waals surface area contributed by atoms with Crippen LogP contribution in [0, 0.1) is 0 Å². The maximum absolute atomic E-state index is 11.7. The Kier molecular flexibility index (Phi) is 5.63. The number of carboxylic acids is 1. The zero-order valence-electron chi connectivity index (χ0n) is 11.3. The van der Waals surface area contributed by atoms with Crippen LogP contribution in [-0.4, -0.2) is 60.6 Å². The number of hydrogen-bond donors (Lipinski definition) is 4. The monoisotopic (exact) mass is 321 g/mol. The molecule has 21 heavy (non-hydrogen) atoms. The third-order valence-corrected chi connectivity index (χ3v) is 4.34. The molecule has 0 spiro atoms. The van der Waals surface area contributed by atoms with Crippen molar-refractivity contribution in [1.82, 2.24) is 4.90 Å². The number of carbonyl (C=O) groups is 2. The molecule has 0 bridgehead atoms. The van der Waals surface area contributed by atoms with Crippen molar-refractivity contribution >= 4 is 27.9 Å². The number of primary sulfonamides is 1. The van der Waals surface area contributed by atoms with Gasteiger partial charge in [-0.2, -0.15) is 0 Å². The van der Waals surface area contributed by atoms with Crippen molar-refractivity contribution in [1.29, 1.82) is 0 Å². The van der Waals surface area contributed by atoms with Gasteiger partial charge in [-0.25, -0.2) is 13.6 Å². The lowest BCUT2D eigenvalue weighted by Gasteiger charge is -2.15. The van der Waals surface area contributed by atoms with E-state index in [1.165, 1.54) is 0 Å². The third kappa shape index (κ3) is 4.95. The van der Waals surface area contributed by atoms with Crippen molar-refractivity contribution in [2.75, 3.05) is 13.1 Å². The molecule has 0 aliphatic carbocycles. The van der Waals surface area contributed by atoms with Crippen LogP contribution in [0.1, 0.15) is 19.3 Å². The van der Waals surface area contributed by atoms with Crippen LogP contribution in [0.4, 0.5) is 0 Å². The van der Waals surface area contributed by atoms with E-state index >= 15 is 0 Å². The van der Waals surface area contributed by atoms with Crippen molar-refractivity contribution in [2.24, 2.45) is 21.6 Å². The quantitative estimate of drug-likeness (QED) is 0.234. The second kappa shape index (κ2) is 6.83. The zero-order valence-corrected chi connectivity index (χ0v) is 12.1. The van der Waals surface area contributed by atoms with E-state index in [9.17, 15) is 18.0 Å². The lowest BCUT2D eigenvalue weighted by Crippen LogP contribution is -2.40. The minimum absolute atomic E-state index is 0.102. The summed E-state index contributed by atoms with van der Waals surface area (Å²) in [6, 6.07) is -0.971. The number of nitrogens with zero attached hydrogens (tertiary/aromatic N) is 2. The van der Waals surface area contributed by atoms with Gasteiger partial charge in [0, 0.05) is 19.5 Å². The molecule has 2 atom stereocenters. The first-order valence-electron chi connectivity index (χ1n) is 6.23. The molecule has 120 valence electrons. The van der Waals surface area contributed by atoms with Gasteiger partial charge in [0.05, 0.1) is 0 Å². The molecule has 1 aliphatic heterocycles. The minimum atomic E-state index is -3.80. The van der Waals surface area contributed by atoms with E-state index in [1.54, 1.807) is 0 Å². The number of rotatable bonds is 6. The van der Waals surface area contributed by atoms with Gasteiger partial charge < -0.3 is 16.6 Å². The average molecular weight is 321 g/mol. The van der Waals surface area contributed by atoms with Crippen molar-refractivity contribution < 1.29 is 23.1 Å². The van der Waals surface area contributed by atoms with E-state index in [1.807, 2.05) is 0 Å². The molecule has 0 radical (unpaired) electrons. The number of hydrogen-bond acceptors (Lipinski definition) is 6. The molecule has 11 heteroatoms. The van der Waals surface area contributed by atoms with Crippen LogP contribution in [0.15, 0.2) is 4.99 Å². The molecule has 1 unspecified atom stereocenters. The summed E-state index contributed by atoms with van der Waals surface area (Å²) >= 11 is 0. The average Bonchev–Trinajstić information content (AvgIpc) is 2.76. The first-order chi connectivity index (χ1) is 9.62. The summed E-state index contributed by atoms with van der Waals surface area (Å²) in [4.78, 5) is 27.1. The number of likely N-dealkylation sites (tertiary alicyclic amines) is 1. The number of sulfonamides is 1. The van der Waals surface area contributed by atoms with Crippen LogP contribution in [0.25, 0.3) is 0 Å². The molecule has 1 heterocycles. The molecule has 1 amide bonds. The number of nitrogens with two attached hydrogens (primary N) is 3. The second-order valence-corrected chi connectivity index (χ2v) is 6.59. The first kappa shape index (κ1) is 17.3. The van der Waals surface area contributed by atoms with Gasteiger partial charge in [0.2, 0.25) is 15.9 Å². The van der Waals surface area contributed by atoms with Crippen molar-refractivity contribution in [3.05, 3.63) is 0 Å². The van der Waals surface area contributed by atoms with Gasteiger partial charge in [-0.3, -0.25) is 19.5 Å². The fraction of sp³-hybridized carbons (Fsp3) is 0.700. The summed E-state index contributed by atoms with van der Waals surface area (Å²) in [6.07, 6.45) is 0.383.